The first-order valence-electron chi connectivity index (χ1n) is 8.57. The molecule has 2 heterocycles. The van der Waals surface area contributed by atoms with Gasteiger partial charge in [-0.1, -0.05) is 11.3 Å². The highest BCUT2D eigenvalue weighted by Crippen LogP contribution is 2.17. The Labute approximate surface area is 147 Å². The molecule has 0 aliphatic carbocycles. The molecule has 1 unspecified atom stereocenters. The lowest BCUT2D eigenvalue weighted by Crippen LogP contribution is -2.24. The molecular weight excluding hydrogens is 320 g/mol. The van der Waals surface area contributed by atoms with Crippen LogP contribution in [0.2, 0.25) is 0 Å². The molecule has 7 heteroatoms. The highest BCUT2D eigenvalue weighted by molar-refractivity contribution is 5.75. The molecule has 2 aromatic rings. The molecule has 3 rings (SSSR count). The summed E-state index contributed by atoms with van der Waals surface area (Å²) in [6.45, 7) is 6.25. The molecule has 134 valence electrons. The second-order valence-corrected chi connectivity index (χ2v) is 6.33. The van der Waals surface area contributed by atoms with E-state index in [2.05, 4.69) is 22.6 Å². The lowest BCUT2D eigenvalue weighted by Gasteiger charge is -2.08. The topological polar surface area (TPSA) is 78.3 Å². The van der Waals surface area contributed by atoms with Crippen molar-refractivity contribution in [2.24, 2.45) is 0 Å². The Morgan fingerprint density at radius 2 is 2.28 bits per heavy atom. The van der Waals surface area contributed by atoms with Crippen LogP contribution in [0.1, 0.15) is 35.7 Å². The molecule has 1 aromatic carbocycles. The number of carbonyl (C=O) groups excluding carboxylic acids is 1. The number of aryl methyl sites for hydroxylation is 2. The van der Waals surface area contributed by atoms with Gasteiger partial charge in [0.05, 0.1) is 38.4 Å². The number of nitrogens with zero attached hydrogens (tertiary/aromatic N) is 3. The van der Waals surface area contributed by atoms with Gasteiger partial charge in [0.2, 0.25) is 5.91 Å². The first-order chi connectivity index (χ1) is 12.1. The van der Waals surface area contributed by atoms with Gasteiger partial charge in [0.15, 0.2) is 0 Å². The van der Waals surface area contributed by atoms with Crippen LogP contribution in [-0.2, 0) is 16.1 Å². The van der Waals surface area contributed by atoms with Gasteiger partial charge in [-0.25, -0.2) is 4.68 Å². The zero-order valence-electron chi connectivity index (χ0n) is 14.7. The average molecular weight is 344 g/mol. The number of benzene rings is 1. The number of ether oxygens (including phenoxy) is 2. The molecular formula is C18H24N4O3. The van der Waals surface area contributed by atoms with Gasteiger partial charge in [-0.05, 0) is 43.5 Å². The van der Waals surface area contributed by atoms with Crippen LogP contribution in [0.15, 0.2) is 24.4 Å². The van der Waals surface area contributed by atoms with Crippen molar-refractivity contribution in [2.75, 3.05) is 19.8 Å². The van der Waals surface area contributed by atoms with E-state index in [9.17, 15) is 4.79 Å². The molecule has 25 heavy (non-hydrogen) atoms. The van der Waals surface area contributed by atoms with Crippen LogP contribution < -0.4 is 10.1 Å². The van der Waals surface area contributed by atoms with E-state index in [4.69, 9.17) is 9.47 Å². The second-order valence-electron chi connectivity index (χ2n) is 6.33. The van der Waals surface area contributed by atoms with Crippen molar-refractivity contribution < 1.29 is 14.3 Å². The fourth-order valence-electron chi connectivity index (χ4n) is 2.65. The number of amides is 1. The highest BCUT2D eigenvalue weighted by Gasteiger charge is 2.18. The first kappa shape index (κ1) is 17.4. The Hall–Kier alpha value is -2.41. The van der Waals surface area contributed by atoms with Crippen molar-refractivity contribution in [3.63, 3.8) is 0 Å². The van der Waals surface area contributed by atoms with E-state index in [1.54, 1.807) is 0 Å². The van der Waals surface area contributed by atoms with E-state index >= 15 is 0 Å². The van der Waals surface area contributed by atoms with Gasteiger partial charge in [-0.15, -0.1) is 5.10 Å². The van der Waals surface area contributed by atoms with Crippen molar-refractivity contribution >= 4 is 5.91 Å². The summed E-state index contributed by atoms with van der Waals surface area (Å²) in [4.78, 5) is 11.9. The minimum Gasteiger partial charge on any atom is -0.493 e. The van der Waals surface area contributed by atoms with Crippen LogP contribution in [0.4, 0.5) is 0 Å². The summed E-state index contributed by atoms with van der Waals surface area (Å²) in [6, 6.07) is 6.18. The van der Waals surface area contributed by atoms with Crippen LogP contribution in [0, 0.1) is 13.8 Å². The van der Waals surface area contributed by atoms with E-state index in [1.165, 1.54) is 11.1 Å². The molecule has 1 fully saturated rings. The van der Waals surface area contributed by atoms with E-state index < -0.39 is 0 Å². The van der Waals surface area contributed by atoms with Crippen LogP contribution in [0.25, 0.3) is 0 Å². The number of nitrogens with one attached hydrogen (secondary N) is 1. The maximum Gasteiger partial charge on any atom is 0.223 e. The third kappa shape index (κ3) is 4.79. The lowest BCUT2D eigenvalue weighted by atomic mass is 10.1. The third-order valence-electron chi connectivity index (χ3n) is 4.38. The molecule has 7 nitrogen and oxygen atoms in total. The fourth-order valence-corrected chi connectivity index (χ4v) is 2.65. The number of hydrogen-bond donors (Lipinski definition) is 1. The summed E-state index contributed by atoms with van der Waals surface area (Å²) < 4.78 is 12.8. The zero-order chi connectivity index (χ0) is 17.6. The molecule has 1 amide bonds. The Morgan fingerprint density at radius 3 is 3.04 bits per heavy atom. The Balaban J connectivity index is 1.38. The minimum atomic E-state index is -0.0671. The monoisotopic (exact) mass is 344 g/mol. The van der Waals surface area contributed by atoms with E-state index in [-0.39, 0.29) is 11.9 Å². The molecule has 1 aromatic heterocycles. The Kier molecular flexibility index (Phi) is 5.65. The predicted octanol–water partition coefficient (Wildman–Crippen LogP) is 1.94. The molecule has 1 aliphatic rings. The molecule has 0 radical (unpaired) electrons. The fraction of sp³-hybridized carbons (Fsp3) is 0.500. The van der Waals surface area contributed by atoms with Crippen molar-refractivity contribution in [1.82, 2.24) is 20.3 Å². The Morgan fingerprint density at radius 1 is 1.40 bits per heavy atom. The van der Waals surface area contributed by atoms with Crippen LogP contribution in [-0.4, -0.2) is 40.7 Å². The number of carbonyl (C=O) groups is 1. The van der Waals surface area contributed by atoms with Gasteiger partial charge in [-0.3, -0.25) is 4.79 Å². The second kappa shape index (κ2) is 8.11. The SMILES string of the molecule is Cc1ccc(OCCC(=O)NCc2cn(C3CCOC3)nn2)cc1C. The number of rotatable bonds is 7. The van der Waals surface area contributed by atoms with Gasteiger partial charge < -0.3 is 14.8 Å². The summed E-state index contributed by atoms with van der Waals surface area (Å²) in [6.07, 6.45) is 3.12. The summed E-state index contributed by atoms with van der Waals surface area (Å²) in [5, 5.41) is 11.0. The van der Waals surface area contributed by atoms with Crippen LogP contribution in [0.5, 0.6) is 5.75 Å². The van der Waals surface area contributed by atoms with Crippen molar-refractivity contribution in [3.8, 4) is 5.75 Å². The van der Waals surface area contributed by atoms with Gasteiger partial charge in [0, 0.05) is 6.61 Å². The lowest BCUT2D eigenvalue weighted by molar-refractivity contribution is -0.121. The van der Waals surface area contributed by atoms with E-state index in [0.29, 0.717) is 26.2 Å². The average Bonchev–Trinajstić information content (AvgIpc) is 3.27. The van der Waals surface area contributed by atoms with Crippen molar-refractivity contribution in [1.29, 1.82) is 0 Å². The van der Waals surface area contributed by atoms with Gasteiger partial charge in [0.1, 0.15) is 11.4 Å². The van der Waals surface area contributed by atoms with Gasteiger partial charge >= 0.3 is 0 Å². The van der Waals surface area contributed by atoms with Crippen molar-refractivity contribution in [3.05, 3.63) is 41.2 Å². The summed E-state index contributed by atoms with van der Waals surface area (Å²) >= 11 is 0. The number of hydrogen-bond acceptors (Lipinski definition) is 5. The smallest absolute Gasteiger partial charge is 0.223 e. The molecule has 0 saturated carbocycles. The van der Waals surface area contributed by atoms with Crippen LogP contribution >= 0.6 is 0 Å². The largest absolute Gasteiger partial charge is 0.493 e. The van der Waals surface area contributed by atoms with Gasteiger partial charge in [0.25, 0.3) is 0 Å². The predicted molar refractivity (Wildman–Crippen MR) is 92.4 cm³/mol. The van der Waals surface area contributed by atoms with E-state index in [1.807, 2.05) is 36.0 Å². The summed E-state index contributed by atoms with van der Waals surface area (Å²) in [5.74, 6) is 0.722. The molecule has 1 N–H and O–H groups in total. The normalized spacial score (nSPS) is 16.8. The highest BCUT2D eigenvalue weighted by atomic mass is 16.5. The molecule has 1 saturated heterocycles. The number of aromatic nitrogens is 3. The summed E-state index contributed by atoms with van der Waals surface area (Å²) in [7, 11) is 0. The van der Waals surface area contributed by atoms with Gasteiger partial charge in [-0.2, -0.15) is 0 Å². The molecule has 1 aliphatic heterocycles. The van der Waals surface area contributed by atoms with Crippen molar-refractivity contribution in [2.45, 2.75) is 39.3 Å². The quantitative estimate of drug-likeness (QED) is 0.830. The van der Waals surface area contributed by atoms with E-state index in [0.717, 1.165) is 24.5 Å². The summed E-state index contributed by atoms with van der Waals surface area (Å²) in [5.41, 5.74) is 3.15. The molecule has 0 spiro atoms. The maximum atomic E-state index is 11.9. The molecule has 0 bridgehead atoms. The van der Waals surface area contributed by atoms with Crippen LogP contribution in [0.3, 0.4) is 0 Å². The Bertz CT molecular complexity index is 723. The third-order valence-corrected chi connectivity index (χ3v) is 4.38. The standard InChI is InChI=1S/C18H24N4O3/c1-13-3-4-17(9-14(13)2)25-8-6-18(23)19-10-15-11-22(21-20-15)16-5-7-24-12-16/h3-4,9,11,16H,5-8,10,12H2,1-2H3,(H,19,23). The maximum absolute atomic E-state index is 11.9. The minimum absolute atomic E-state index is 0.0671. The zero-order valence-corrected chi connectivity index (χ0v) is 14.7. The first-order valence-corrected chi connectivity index (χ1v) is 8.57. The molecule has 1 atom stereocenters.